The van der Waals surface area contributed by atoms with Gasteiger partial charge in [0.15, 0.2) is 0 Å². The van der Waals surface area contributed by atoms with Gasteiger partial charge in [0.1, 0.15) is 6.33 Å². The number of benzene rings is 2. The van der Waals surface area contributed by atoms with Gasteiger partial charge in [-0.2, -0.15) is 17.5 Å². The molecule has 3 rings (SSSR count). The summed E-state index contributed by atoms with van der Waals surface area (Å²) in [4.78, 5) is 15.9. The lowest BCUT2D eigenvalue weighted by atomic mass is 9.98. The molecule has 2 aromatic carbocycles. The number of aryl methyl sites for hydroxylation is 1. The maximum absolute atomic E-state index is 13.0. The van der Waals surface area contributed by atoms with Crippen molar-refractivity contribution in [3.8, 4) is 11.1 Å². The molecule has 0 aliphatic carbocycles. The van der Waals surface area contributed by atoms with E-state index in [0.29, 0.717) is 27.4 Å². The topological polar surface area (TPSA) is 54.9 Å². The van der Waals surface area contributed by atoms with Crippen LogP contribution in [0.3, 0.4) is 0 Å². The largest absolute Gasteiger partial charge is 0.416 e. The Kier molecular flexibility index (Phi) is 5.03. The second-order valence-electron chi connectivity index (χ2n) is 5.76. The highest BCUT2D eigenvalue weighted by atomic mass is 32.1. The van der Waals surface area contributed by atoms with E-state index in [9.17, 15) is 18.0 Å². The van der Waals surface area contributed by atoms with Gasteiger partial charge in [-0.3, -0.25) is 4.79 Å². The number of rotatable bonds is 4. The number of alkyl halides is 3. The molecule has 0 saturated heterocycles. The lowest BCUT2D eigenvalue weighted by Gasteiger charge is -2.11. The molecular formula is C18H14F3N3OS. The molecule has 0 atom stereocenters. The number of amides is 1. The molecule has 0 radical (unpaired) electrons. The smallest absolute Gasteiger partial charge is 0.300 e. The molecule has 26 heavy (non-hydrogen) atoms. The van der Waals surface area contributed by atoms with E-state index in [-0.39, 0.29) is 12.3 Å². The highest BCUT2D eigenvalue weighted by Gasteiger charge is 2.31. The van der Waals surface area contributed by atoms with Gasteiger partial charge >= 0.3 is 6.18 Å². The van der Waals surface area contributed by atoms with E-state index >= 15 is 0 Å². The third-order valence-corrected chi connectivity index (χ3v) is 4.22. The van der Waals surface area contributed by atoms with Crippen LogP contribution in [0.1, 0.15) is 16.7 Å². The first-order valence-corrected chi connectivity index (χ1v) is 8.43. The van der Waals surface area contributed by atoms with Crippen molar-refractivity contribution in [3.05, 3.63) is 65.5 Å². The first kappa shape index (κ1) is 18.1. The van der Waals surface area contributed by atoms with Crippen LogP contribution < -0.4 is 5.32 Å². The third kappa shape index (κ3) is 4.45. The quantitative estimate of drug-likeness (QED) is 0.716. The van der Waals surface area contributed by atoms with Crippen LogP contribution in [-0.2, 0) is 17.4 Å². The first-order chi connectivity index (χ1) is 12.3. The summed E-state index contributed by atoms with van der Waals surface area (Å²) in [5.74, 6) is -0.265. The summed E-state index contributed by atoms with van der Waals surface area (Å²) in [6.07, 6.45) is -2.97. The Morgan fingerprint density at radius 3 is 2.65 bits per heavy atom. The zero-order chi connectivity index (χ0) is 18.7. The van der Waals surface area contributed by atoms with E-state index in [4.69, 9.17) is 0 Å². The number of aromatic nitrogens is 2. The van der Waals surface area contributed by atoms with Crippen LogP contribution in [0.25, 0.3) is 11.1 Å². The van der Waals surface area contributed by atoms with Gasteiger partial charge in [-0.15, -0.1) is 0 Å². The molecule has 0 fully saturated rings. The van der Waals surface area contributed by atoms with Crippen molar-refractivity contribution < 1.29 is 18.0 Å². The van der Waals surface area contributed by atoms with Gasteiger partial charge in [0, 0.05) is 11.5 Å². The van der Waals surface area contributed by atoms with Gasteiger partial charge in [-0.1, -0.05) is 30.3 Å². The maximum atomic E-state index is 13.0. The minimum absolute atomic E-state index is 0.0887. The van der Waals surface area contributed by atoms with E-state index in [2.05, 4.69) is 14.7 Å². The number of halogens is 3. The number of hydrogen-bond donors (Lipinski definition) is 1. The van der Waals surface area contributed by atoms with Crippen molar-refractivity contribution in [2.24, 2.45) is 0 Å². The van der Waals surface area contributed by atoms with Crippen LogP contribution in [0.5, 0.6) is 0 Å². The van der Waals surface area contributed by atoms with Crippen LogP contribution in [0.4, 0.5) is 18.3 Å². The monoisotopic (exact) mass is 377 g/mol. The number of nitrogens with one attached hydrogen (secondary N) is 1. The fraction of sp³-hybridized carbons (Fsp3) is 0.167. The molecule has 1 amide bonds. The second kappa shape index (κ2) is 7.25. The molecule has 3 aromatic rings. The number of carbonyl (C=O) groups excluding carboxylic acids is 1. The Morgan fingerprint density at radius 2 is 1.96 bits per heavy atom. The van der Waals surface area contributed by atoms with Crippen molar-refractivity contribution in [1.82, 2.24) is 9.36 Å². The summed E-state index contributed by atoms with van der Waals surface area (Å²) in [5.41, 5.74) is 1.62. The molecule has 1 heterocycles. The second-order valence-corrected chi connectivity index (χ2v) is 6.54. The van der Waals surface area contributed by atoms with E-state index in [1.165, 1.54) is 6.33 Å². The molecular weight excluding hydrogens is 363 g/mol. The average Bonchev–Trinajstić information content (AvgIpc) is 3.06. The Labute approximate surface area is 151 Å². The predicted octanol–water partition coefficient (Wildman–Crippen LogP) is 4.71. The van der Waals surface area contributed by atoms with Crippen LogP contribution in [0.15, 0.2) is 48.8 Å². The van der Waals surface area contributed by atoms with Crippen molar-refractivity contribution >= 4 is 22.6 Å². The molecule has 1 aromatic heterocycles. The standard InChI is InChI=1S/C18H14F3N3OS/c1-11-5-14(9-15(6-11)18(19,20)21)13-4-2-3-12(7-13)8-16(25)24-17-22-10-23-26-17/h2-7,9-10H,8H2,1H3,(H,22,23,24,25). The van der Waals surface area contributed by atoms with Crippen molar-refractivity contribution in [3.63, 3.8) is 0 Å². The number of hydrogen-bond acceptors (Lipinski definition) is 4. The van der Waals surface area contributed by atoms with Crippen LogP contribution in [0, 0.1) is 6.92 Å². The summed E-state index contributed by atoms with van der Waals surface area (Å²) in [7, 11) is 0. The fourth-order valence-electron chi connectivity index (χ4n) is 2.55. The van der Waals surface area contributed by atoms with Gasteiger partial charge in [0.2, 0.25) is 11.0 Å². The van der Waals surface area contributed by atoms with Gasteiger partial charge < -0.3 is 5.32 Å². The SMILES string of the molecule is Cc1cc(-c2cccc(CC(=O)Nc3ncns3)c2)cc(C(F)(F)F)c1. The molecule has 8 heteroatoms. The van der Waals surface area contributed by atoms with E-state index < -0.39 is 11.7 Å². The first-order valence-electron chi connectivity index (χ1n) is 7.66. The predicted molar refractivity (Wildman–Crippen MR) is 93.9 cm³/mol. The summed E-state index contributed by atoms with van der Waals surface area (Å²) in [6.45, 7) is 1.62. The molecule has 0 unspecified atom stereocenters. The fourth-order valence-corrected chi connectivity index (χ4v) is 3.00. The lowest BCUT2D eigenvalue weighted by Crippen LogP contribution is -2.14. The van der Waals surface area contributed by atoms with Crippen molar-refractivity contribution in [1.29, 1.82) is 0 Å². The number of anilines is 1. The van der Waals surface area contributed by atoms with Gasteiger partial charge in [-0.25, -0.2) is 4.98 Å². The van der Waals surface area contributed by atoms with Crippen molar-refractivity contribution in [2.45, 2.75) is 19.5 Å². The Bertz CT molecular complexity index is 924. The van der Waals surface area contributed by atoms with Gasteiger partial charge in [-0.05, 0) is 41.3 Å². The highest BCUT2D eigenvalue weighted by Crippen LogP contribution is 2.33. The van der Waals surface area contributed by atoms with E-state index in [1.807, 2.05) is 0 Å². The minimum atomic E-state index is -4.40. The molecule has 134 valence electrons. The van der Waals surface area contributed by atoms with Gasteiger partial charge in [0.25, 0.3) is 0 Å². The number of nitrogens with zero attached hydrogens (tertiary/aromatic N) is 2. The van der Waals surface area contributed by atoms with Gasteiger partial charge in [0.05, 0.1) is 12.0 Å². The van der Waals surface area contributed by atoms with Crippen molar-refractivity contribution in [2.75, 3.05) is 5.32 Å². The third-order valence-electron chi connectivity index (χ3n) is 3.64. The summed E-state index contributed by atoms with van der Waals surface area (Å²) in [5, 5.41) is 3.03. The Morgan fingerprint density at radius 1 is 1.15 bits per heavy atom. The summed E-state index contributed by atoms with van der Waals surface area (Å²) >= 11 is 1.07. The minimum Gasteiger partial charge on any atom is -0.300 e. The van der Waals surface area contributed by atoms with Crippen LogP contribution in [0.2, 0.25) is 0 Å². The maximum Gasteiger partial charge on any atom is 0.416 e. The molecule has 0 bridgehead atoms. The normalized spacial score (nSPS) is 11.4. The molecule has 0 saturated carbocycles. The average molecular weight is 377 g/mol. The lowest BCUT2D eigenvalue weighted by molar-refractivity contribution is -0.137. The zero-order valence-corrected chi connectivity index (χ0v) is 14.5. The molecule has 0 aliphatic heterocycles. The molecule has 0 aliphatic rings. The van der Waals surface area contributed by atoms with E-state index in [1.54, 1.807) is 37.3 Å². The molecule has 1 N–H and O–H groups in total. The molecule has 4 nitrogen and oxygen atoms in total. The summed E-state index contributed by atoms with van der Waals surface area (Å²) < 4.78 is 42.9. The van der Waals surface area contributed by atoms with Crippen LogP contribution in [-0.4, -0.2) is 15.3 Å². The Balaban J connectivity index is 1.83. The number of carbonyl (C=O) groups is 1. The van der Waals surface area contributed by atoms with E-state index in [0.717, 1.165) is 23.7 Å². The zero-order valence-electron chi connectivity index (χ0n) is 13.7. The molecule has 0 spiro atoms. The summed E-state index contributed by atoms with van der Waals surface area (Å²) in [6, 6.07) is 10.8. The Hall–Kier alpha value is -2.74. The highest BCUT2D eigenvalue weighted by molar-refractivity contribution is 7.09. The van der Waals surface area contributed by atoms with Crippen LogP contribution >= 0.6 is 11.5 Å².